The molecule has 0 spiro atoms. The summed E-state index contributed by atoms with van der Waals surface area (Å²) in [5.41, 5.74) is 0.486. The molecule has 4 N–H and O–H groups in total. The Labute approximate surface area is 194 Å². The molecule has 2 amide bonds. The second-order valence-electron chi connectivity index (χ2n) is 7.65. The van der Waals surface area contributed by atoms with Crippen molar-refractivity contribution in [2.45, 2.75) is 25.1 Å². The number of aromatic nitrogens is 2. The smallest absolute Gasteiger partial charge is 0.416 e. The summed E-state index contributed by atoms with van der Waals surface area (Å²) < 4.78 is 39.7. The molecule has 12 heteroatoms. The average molecular weight is 526 g/mol. The molecule has 0 aliphatic carbocycles. The summed E-state index contributed by atoms with van der Waals surface area (Å²) in [7, 11) is 0. The van der Waals surface area contributed by atoms with Gasteiger partial charge in [-0.15, -0.1) is 0 Å². The number of H-pyrrole nitrogens is 1. The number of fused-ring (bicyclic) bond motifs is 1. The van der Waals surface area contributed by atoms with E-state index in [0.717, 1.165) is 18.6 Å². The maximum atomic E-state index is 13.0. The van der Waals surface area contributed by atoms with Crippen LogP contribution in [0.1, 0.15) is 28.8 Å². The predicted molar refractivity (Wildman–Crippen MR) is 120 cm³/mol. The molecule has 4 rings (SSSR count). The first kappa shape index (κ1) is 22.9. The number of hydrogen-bond acceptors (Lipinski definition) is 4. The molecule has 3 aromatic rings. The van der Waals surface area contributed by atoms with Crippen LogP contribution >= 0.6 is 15.9 Å². The van der Waals surface area contributed by atoms with Crippen molar-refractivity contribution in [3.63, 3.8) is 0 Å². The zero-order valence-electron chi connectivity index (χ0n) is 17.0. The van der Waals surface area contributed by atoms with Crippen LogP contribution in [0.15, 0.2) is 41.1 Å². The molecule has 0 bridgehead atoms. The molecule has 1 atom stereocenters. The third-order valence-corrected chi connectivity index (χ3v) is 5.98. The Hall–Kier alpha value is -3.28. The van der Waals surface area contributed by atoms with E-state index in [4.69, 9.17) is 5.11 Å². The molecule has 1 unspecified atom stereocenters. The molecule has 2 aromatic heterocycles. The number of alkyl halides is 3. The van der Waals surface area contributed by atoms with Crippen molar-refractivity contribution < 1.29 is 27.9 Å². The highest BCUT2D eigenvalue weighted by atomic mass is 79.9. The number of anilines is 2. The third kappa shape index (κ3) is 4.90. The predicted octanol–water partition coefficient (Wildman–Crippen LogP) is 4.83. The van der Waals surface area contributed by atoms with Crippen molar-refractivity contribution in [3.8, 4) is 0 Å². The number of nitrogens with zero attached hydrogens (tertiary/aromatic N) is 2. The van der Waals surface area contributed by atoms with Gasteiger partial charge in [-0.1, -0.05) is 6.07 Å². The largest absolute Gasteiger partial charge is 0.465 e. The number of hydrogen-bond donors (Lipinski definition) is 4. The van der Waals surface area contributed by atoms with Gasteiger partial charge in [0.15, 0.2) is 0 Å². The Morgan fingerprint density at radius 2 is 2.09 bits per heavy atom. The highest BCUT2D eigenvalue weighted by Crippen LogP contribution is 2.39. The lowest BCUT2D eigenvalue weighted by Crippen LogP contribution is -2.47. The molecule has 1 aliphatic rings. The lowest BCUT2D eigenvalue weighted by Gasteiger charge is -2.35. The summed E-state index contributed by atoms with van der Waals surface area (Å²) >= 11 is 3.49. The summed E-state index contributed by atoms with van der Waals surface area (Å²) in [5, 5.41) is 14.8. The summed E-state index contributed by atoms with van der Waals surface area (Å²) in [6.45, 7) is 1.07. The van der Waals surface area contributed by atoms with Gasteiger partial charge in [-0.25, -0.2) is 9.78 Å². The van der Waals surface area contributed by atoms with Crippen molar-refractivity contribution in [1.82, 2.24) is 15.3 Å². The molecule has 0 saturated carbocycles. The van der Waals surface area contributed by atoms with Gasteiger partial charge in [0.2, 0.25) is 0 Å². The number of benzene rings is 1. The van der Waals surface area contributed by atoms with Gasteiger partial charge in [-0.05, 0) is 47.0 Å². The maximum absolute atomic E-state index is 13.0. The summed E-state index contributed by atoms with van der Waals surface area (Å²) in [4.78, 5) is 33.1. The highest BCUT2D eigenvalue weighted by molar-refractivity contribution is 9.10. The van der Waals surface area contributed by atoms with Crippen LogP contribution in [-0.2, 0) is 6.18 Å². The first-order valence-electron chi connectivity index (χ1n) is 10.0. The Kier molecular flexibility index (Phi) is 6.19. The average Bonchev–Trinajstić information content (AvgIpc) is 3.15. The lowest BCUT2D eigenvalue weighted by molar-refractivity contribution is -0.137. The summed E-state index contributed by atoms with van der Waals surface area (Å²) in [6, 6.07) is 3.92. The monoisotopic (exact) mass is 525 g/mol. The number of piperidine rings is 1. The number of halogens is 4. The van der Waals surface area contributed by atoms with Gasteiger partial charge in [0.1, 0.15) is 5.65 Å². The van der Waals surface area contributed by atoms with Gasteiger partial charge in [0, 0.05) is 37.1 Å². The second-order valence-corrected chi connectivity index (χ2v) is 8.50. The fourth-order valence-electron chi connectivity index (χ4n) is 3.97. The van der Waals surface area contributed by atoms with Crippen LogP contribution < -0.4 is 15.5 Å². The molecule has 174 valence electrons. The zero-order valence-corrected chi connectivity index (χ0v) is 18.6. The molecule has 3 heterocycles. The molecule has 8 nitrogen and oxygen atoms in total. The number of pyridine rings is 1. The van der Waals surface area contributed by atoms with E-state index in [1.807, 2.05) is 4.90 Å². The van der Waals surface area contributed by atoms with Gasteiger partial charge in [-0.3, -0.25) is 4.79 Å². The number of carbonyl (C=O) groups excluding carboxylic acids is 1. The molecule has 0 radical (unpaired) electrons. The number of amides is 2. The molecule has 33 heavy (non-hydrogen) atoms. The van der Waals surface area contributed by atoms with E-state index >= 15 is 0 Å². The van der Waals surface area contributed by atoms with Crippen LogP contribution in [-0.4, -0.2) is 46.2 Å². The van der Waals surface area contributed by atoms with E-state index in [0.29, 0.717) is 46.4 Å². The van der Waals surface area contributed by atoms with E-state index in [9.17, 15) is 22.8 Å². The lowest BCUT2D eigenvalue weighted by atomic mass is 10.0. The van der Waals surface area contributed by atoms with E-state index in [2.05, 4.69) is 36.5 Å². The van der Waals surface area contributed by atoms with Crippen LogP contribution in [0.5, 0.6) is 0 Å². The first-order valence-corrected chi connectivity index (χ1v) is 10.8. The van der Waals surface area contributed by atoms with Gasteiger partial charge in [-0.2, -0.15) is 13.2 Å². The van der Waals surface area contributed by atoms with E-state index in [-0.39, 0.29) is 11.6 Å². The second kappa shape index (κ2) is 8.93. The maximum Gasteiger partial charge on any atom is 0.416 e. The van der Waals surface area contributed by atoms with Crippen molar-refractivity contribution in [3.05, 3.63) is 52.3 Å². The van der Waals surface area contributed by atoms with Gasteiger partial charge in [0.25, 0.3) is 5.91 Å². The molecule has 1 aromatic carbocycles. The number of carboxylic acid groups (broad SMARTS) is 1. The first-order chi connectivity index (χ1) is 15.6. The highest BCUT2D eigenvalue weighted by Gasteiger charge is 2.31. The van der Waals surface area contributed by atoms with E-state index in [1.54, 1.807) is 6.20 Å². The molecular weight excluding hydrogens is 507 g/mol. The van der Waals surface area contributed by atoms with Crippen molar-refractivity contribution in [2.75, 3.05) is 23.3 Å². The van der Waals surface area contributed by atoms with Crippen molar-refractivity contribution in [2.24, 2.45) is 0 Å². The number of rotatable bonds is 4. The van der Waals surface area contributed by atoms with Gasteiger partial charge < -0.3 is 25.6 Å². The minimum atomic E-state index is -4.56. The minimum Gasteiger partial charge on any atom is -0.465 e. The van der Waals surface area contributed by atoms with Gasteiger partial charge >= 0.3 is 12.3 Å². The Bertz CT molecular complexity index is 1210. The molecule has 1 aliphatic heterocycles. The minimum absolute atomic E-state index is 0.132. The van der Waals surface area contributed by atoms with E-state index in [1.165, 1.54) is 18.3 Å². The molecule has 1 fully saturated rings. The Morgan fingerprint density at radius 1 is 1.30 bits per heavy atom. The molecular formula is C21H19BrF3N5O3. The molecule has 1 saturated heterocycles. The van der Waals surface area contributed by atoms with Crippen molar-refractivity contribution >= 4 is 50.3 Å². The van der Waals surface area contributed by atoms with Crippen LogP contribution in [0.3, 0.4) is 0 Å². The Balaban J connectivity index is 1.67. The fourth-order valence-corrected chi connectivity index (χ4v) is 4.52. The Morgan fingerprint density at radius 3 is 2.82 bits per heavy atom. The number of carbonyl (C=O) groups is 2. The normalized spacial score (nSPS) is 16.6. The topological polar surface area (TPSA) is 110 Å². The fraction of sp³-hybridized carbons (Fsp3) is 0.286. The quantitative estimate of drug-likeness (QED) is 0.389. The van der Waals surface area contributed by atoms with Crippen LogP contribution in [0, 0.1) is 0 Å². The summed E-state index contributed by atoms with van der Waals surface area (Å²) in [5.74, 6) is -0.697. The SMILES string of the molecule is O=C(O)NC1CCCN(c2c(Br)cnc3[nH]cc(NC(=O)c4cccc(C(F)(F)F)c4)c23)C1. The van der Waals surface area contributed by atoms with Gasteiger partial charge in [0.05, 0.1) is 26.8 Å². The van der Waals surface area contributed by atoms with Crippen molar-refractivity contribution in [1.29, 1.82) is 0 Å². The zero-order chi connectivity index (χ0) is 23.8. The third-order valence-electron chi connectivity index (χ3n) is 5.39. The summed E-state index contributed by atoms with van der Waals surface area (Å²) in [6.07, 6.45) is -1.10. The number of nitrogens with one attached hydrogen (secondary N) is 3. The van der Waals surface area contributed by atoms with E-state index < -0.39 is 23.7 Å². The van der Waals surface area contributed by atoms with Crippen LogP contribution in [0.25, 0.3) is 11.0 Å². The van der Waals surface area contributed by atoms with Crippen LogP contribution in [0.2, 0.25) is 0 Å². The number of aromatic amines is 1. The van der Waals surface area contributed by atoms with Crippen LogP contribution in [0.4, 0.5) is 29.3 Å². The standard InChI is InChI=1S/C21H19BrF3N5O3/c22-14-8-26-18-16(17(14)30-6-2-5-13(10-30)28-20(32)33)15(9-27-18)29-19(31)11-3-1-4-12(7-11)21(23,24)25/h1,3-4,7-9,13,28H,2,5-6,10H2,(H,26,27)(H,29,31)(H,32,33).